The lowest BCUT2D eigenvalue weighted by Crippen LogP contribution is -2.48. The van der Waals surface area contributed by atoms with Crippen molar-refractivity contribution in [2.75, 3.05) is 31.1 Å². The number of carboxylic acid groups (broad SMARTS) is 1. The van der Waals surface area contributed by atoms with Crippen LogP contribution in [0.5, 0.6) is 0 Å². The molecule has 1 aromatic heterocycles. The molecule has 6 nitrogen and oxygen atoms in total. The number of amides is 1. The summed E-state index contributed by atoms with van der Waals surface area (Å²) in [6.45, 7) is 4.20. The highest BCUT2D eigenvalue weighted by atomic mass is 16.4. The lowest BCUT2D eigenvalue weighted by Gasteiger charge is -2.34. The molecule has 0 spiro atoms. The van der Waals surface area contributed by atoms with E-state index in [2.05, 4.69) is 4.98 Å². The highest BCUT2D eigenvalue weighted by Crippen LogP contribution is 2.14. The van der Waals surface area contributed by atoms with Crippen molar-refractivity contribution in [3.8, 4) is 0 Å². The number of nitrogens with zero attached hydrogens (tertiary/aromatic N) is 3. The molecular weight excluding hydrogens is 234 g/mol. The van der Waals surface area contributed by atoms with Gasteiger partial charge in [0.1, 0.15) is 5.82 Å². The number of carbonyl (C=O) groups is 2. The summed E-state index contributed by atoms with van der Waals surface area (Å²) in [5, 5.41) is 8.89. The number of piperazine rings is 1. The lowest BCUT2D eigenvalue weighted by atomic mass is 10.3. The quantitative estimate of drug-likeness (QED) is 0.823. The summed E-state index contributed by atoms with van der Waals surface area (Å²) in [4.78, 5) is 29.9. The average molecular weight is 249 g/mol. The van der Waals surface area contributed by atoms with Gasteiger partial charge in [0.05, 0.1) is 0 Å². The molecule has 2 rings (SSSR count). The van der Waals surface area contributed by atoms with E-state index >= 15 is 0 Å². The molecule has 0 saturated carbocycles. The van der Waals surface area contributed by atoms with Crippen molar-refractivity contribution in [1.82, 2.24) is 9.88 Å². The van der Waals surface area contributed by atoms with Crippen LogP contribution in [0, 0.1) is 0 Å². The van der Waals surface area contributed by atoms with E-state index < -0.39 is 5.97 Å². The van der Waals surface area contributed by atoms with Crippen molar-refractivity contribution < 1.29 is 14.7 Å². The predicted octanol–water partition coefficient (Wildman–Crippen LogP) is 0.448. The average Bonchev–Trinajstić information content (AvgIpc) is 2.39. The summed E-state index contributed by atoms with van der Waals surface area (Å²) in [6.07, 6.45) is 0. The first kappa shape index (κ1) is 12.3. The van der Waals surface area contributed by atoms with Crippen LogP contribution in [0.1, 0.15) is 17.4 Å². The van der Waals surface area contributed by atoms with E-state index in [-0.39, 0.29) is 11.6 Å². The van der Waals surface area contributed by atoms with E-state index in [1.807, 2.05) is 4.90 Å². The number of hydrogen-bond acceptors (Lipinski definition) is 4. The van der Waals surface area contributed by atoms with Crippen LogP contribution in [0.2, 0.25) is 0 Å². The van der Waals surface area contributed by atoms with Crippen molar-refractivity contribution in [1.29, 1.82) is 0 Å². The van der Waals surface area contributed by atoms with Gasteiger partial charge in [-0.25, -0.2) is 9.78 Å². The van der Waals surface area contributed by atoms with Gasteiger partial charge >= 0.3 is 5.97 Å². The number of anilines is 1. The predicted molar refractivity (Wildman–Crippen MR) is 65.7 cm³/mol. The normalized spacial score (nSPS) is 15.6. The monoisotopic (exact) mass is 249 g/mol. The Labute approximate surface area is 105 Å². The third-order valence-electron chi connectivity index (χ3n) is 3.00. The van der Waals surface area contributed by atoms with Gasteiger partial charge in [-0.1, -0.05) is 6.07 Å². The standard InChI is InChI=1S/C12H15N3O3/c1-9(16)14-5-7-15(8-6-14)11-4-2-3-10(13-11)12(17)18/h2-4H,5-8H2,1H3,(H,17,18). The Balaban J connectivity index is 2.07. The third kappa shape index (κ3) is 2.58. The van der Waals surface area contributed by atoms with Crippen molar-refractivity contribution >= 4 is 17.7 Å². The van der Waals surface area contributed by atoms with Gasteiger partial charge in [0.15, 0.2) is 5.69 Å². The van der Waals surface area contributed by atoms with Crippen LogP contribution in [0.15, 0.2) is 18.2 Å². The van der Waals surface area contributed by atoms with Crippen molar-refractivity contribution in [2.24, 2.45) is 0 Å². The molecule has 1 N–H and O–H groups in total. The molecule has 1 aliphatic rings. The second-order valence-electron chi connectivity index (χ2n) is 4.18. The van der Waals surface area contributed by atoms with Crippen LogP contribution in [-0.4, -0.2) is 53.0 Å². The number of rotatable bonds is 2. The van der Waals surface area contributed by atoms with Gasteiger partial charge < -0.3 is 14.9 Å². The van der Waals surface area contributed by atoms with Gasteiger partial charge in [0.2, 0.25) is 5.91 Å². The highest BCUT2D eigenvalue weighted by Gasteiger charge is 2.20. The van der Waals surface area contributed by atoms with E-state index in [1.54, 1.807) is 24.0 Å². The van der Waals surface area contributed by atoms with Crippen LogP contribution < -0.4 is 4.90 Å². The molecule has 1 aliphatic heterocycles. The largest absolute Gasteiger partial charge is 0.477 e. The van der Waals surface area contributed by atoms with Crippen LogP contribution in [0.4, 0.5) is 5.82 Å². The van der Waals surface area contributed by atoms with E-state index in [9.17, 15) is 9.59 Å². The Hall–Kier alpha value is -2.11. The first-order chi connectivity index (χ1) is 8.58. The SMILES string of the molecule is CC(=O)N1CCN(c2cccc(C(=O)O)n2)CC1. The smallest absolute Gasteiger partial charge is 0.354 e. The zero-order chi connectivity index (χ0) is 13.1. The van der Waals surface area contributed by atoms with Gasteiger partial charge in [0, 0.05) is 33.1 Å². The molecule has 0 radical (unpaired) electrons. The van der Waals surface area contributed by atoms with Crippen molar-refractivity contribution in [2.45, 2.75) is 6.92 Å². The van der Waals surface area contributed by atoms with Gasteiger partial charge in [-0.15, -0.1) is 0 Å². The van der Waals surface area contributed by atoms with Crippen LogP contribution in [0.3, 0.4) is 0 Å². The maximum Gasteiger partial charge on any atom is 0.354 e. The molecule has 6 heteroatoms. The first-order valence-corrected chi connectivity index (χ1v) is 5.79. The van der Waals surface area contributed by atoms with Crippen LogP contribution in [-0.2, 0) is 4.79 Å². The lowest BCUT2D eigenvalue weighted by molar-refractivity contribution is -0.129. The van der Waals surface area contributed by atoms with E-state index in [1.165, 1.54) is 6.07 Å². The Bertz CT molecular complexity index is 467. The number of hydrogen-bond donors (Lipinski definition) is 1. The molecule has 1 saturated heterocycles. The number of pyridine rings is 1. The molecule has 1 aromatic rings. The Kier molecular flexibility index (Phi) is 3.45. The van der Waals surface area contributed by atoms with Crippen molar-refractivity contribution in [3.05, 3.63) is 23.9 Å². The maximum absolute atomic E-state index is 11.2. The molecular formula is C12H15N3O3. The number of aromatic carboxylic acids is 1. The van der Waals surface area contributed by atoms with Gasteiger partial charge in [0.25, 0.3) is 0 Å². The minimum atomic E-state index is -1.03. The molecule has 18 heavy (non-hydrogen) atoms. The fourth-order valence-corrected chi connectivity index (χ4v) is 1.97. The molecule has 96 valence electrons. The Morgan fingerprint density at radius 1 is 1.22 bits per heavy atom. The fraction of sp³-hybridized carbons (Fsp3) is 0.417. The minimum absolute atomic E-state index is 0.0431. The molecule has 0 bridgehead atoms. The summed E-state index contributed by atoms with van der Waals surface area (Å²) in [5.41, 5.74) is 0.0431. The summed E-state index contributed by atoms with van der Waals surface area (Å²) >= 11 is 0. The fourth-order valence-electron chi connectivity index (χ4n) is 1.97. The number of aromatic nitrogens is 1. The summed E-state index contributed by atoms with van der Waals surface area (Å²) in [6, 6.07) is 4.94. The first-order valence-electron chi connectivity index (χ1n) is 5.79. The van der Waals surface area contributed by atoms with E-state index in [0.717, 1.165) is 0 Å². The van der Waals surface area contributed by atoms with Gasteiger partial charge in [-0.05, 0) is 12.1 Å². The highest BCUT2D eigenvalue weighted by molar-refractivity contribution is 5.85. The second kappa shape index (κ2) is 5.03. The van der Waals surface area contributed by atoms with E-state index in [4.69, 9.17) is 5.11 Å². The minimum Gasteiger partial charge on any atom is -0.477 e. The molecule has 0 unspecified atom stereocenters. The Morgan fingerprint density at radius 3 is 2.44 bits per heavy atom. The maximum atomic E-state index is 11.2. The van der Waals surface area contributed by atoms with Gasteiger partial charge in [-0.2, -0.15) is 0 Å². The summed E-state index contributed by atoms with van der Waals surface area (Å²) in [7, 11) is 0. The molecule has 0 aliphatic carbocycles. The molecule has 1 amide bonds. The zero-order valence-corrected chi connectivity index (χ0v) is 10.2. The van der Waals surface area contributed by atoms with Crippen LogP contribution >= 0.6 is 0 Å². The molecule has 0 aromatic carbocycles. The summed E-state index contributed by atoms with van der Waals surface area (Å²) in [5.74, 6) is -0.306. The number of carbonyl (C=O) groups excluding carboxylic acids is 1. The number of carboxylic acids is 1. The molecule has 2 heterocycles. The van der Waals surface area contributed by atoms with Gasteiger partial charge in [-0.3, -0.25) is 4.79 Å². The topological polar surface area (TPSA) is 73.7 Å². The summed E-state index contributed by atoms with van der Waals surface area (Å²) < 4.78 is 0. The van der Waals surface area contributed by atoms with Crippen molar-refractivity contribution in [3.63, 3.8) is 0 Å². The third-order valence-corrected chi connectivity index (χ3v) is 3.00. The second-order valence-corrected chi connectivity index (χ2v) is 4.18. The van der Waals surface area contributed by atoms with Crippen LogP contribution in [0.25, 0.3) is 0 Å². The molecule has 0 atom stereocenters. The zero-order valence-electron chi connectivity index (χ0n) is 10.2. The molecule has 1 fully saturated rings. The van der Waals surface area contributed by atoms with E-state index in [0.29, 0.717) is 32.0 Å². The Morgan fingerprint density at radius 2 is 1.89 bits per heavy atom.